The Morgan fingerprint density at radius 2 is 0.706 bits per heavy atom. The fourth-order valence-corrected chi connectivity index (χ4v) is 5.02. The molecule has 34 heavy (non-hydrogen) atoms. The molecule has 0 aliphatic heterocycles. The Labute approximate surface area is 202 Å². The van der Waals surface area contributed by atoms with Gasteiger partial charge in [-0.25, -0.2) is 0 Å². The Morgan fingerprint density at radius 1 is 0.353 bits per heavy atom. The van der Waals surface area contributed by atoms with Crippen molar-refractivity contribution in [1.29, 1.82) is 0 Å². The molecule has 6 aliphatic carbocycles. The van der Waals surface area contributed by atoms with Crippen molar-refractivity contribution >= 4 is 0 Å². The van der Waals surface area contributed by atoms with E-state index in [1.807, 2.05) is 0 Å². The highest BCUT2D eigenvalue weighted by Gasteiger charge is 2.20. The lowest BCUT2D eigenvalue weighted by Gasteiger charge is -2.17. The molecule has 0 heterocycles. The van der Waals surface area contributed by atoms with Crippen LogP contribution < -0.4 is 0 Å². The van der Waals surface area contributed by atoms with Gasteiger partial charge < -0.3 is 0 Å². The van der Waals surface area contributed by atoms with Crippen molar-refractivity contribution in [3.63, 3.8) is 0 Å². The fraction of sp³-hybridized carbons (Fsp3) is 0.118. The van der Waals surface area contributed by atoms with E-state index >= 15 is 0 Å². The molecule has 0 N–H and O–H groups in total. The first kappa shape index (κ1) is 20.7. The zero-order valence-electron chi connectivity index (χ0n) is 20.0. The standard InChI is InChI=1S/C34H28/c1-34(2,3)29-18-20-30-31(21-19-29)33(28-16-12-25-8-5-9-26(25)13-17-28)22-32(30)27-14-10-23-6-4-7-24(23)11-15-27/h4-22H,1-3H3. The van der Waals surface area contributed by atoms with Crippen molar-refractivity contribution < 1.29 is 0 Å². The van der Waals surface area contributed by atoms with Crippen molar-refractivity contribution in [2.24, 2.45) is 0 Å². The maximum atomic E-state index is 2.38. The van der Waals surface area contributed by atoms with Crippen molar-refractivity contribution in [3.8, 4) is 55.6 Å². The summed E-state index contributed by atoms with van der Waals surface area (Å²) < 4.78 is 0. The second-order valence-corrected chi connectivity index (χ2v) is 10.3. The van der Waals surface area contributed by atoms with Crippen molar-refractivity contribution in [2.75, 3.05) is 0 Å². The van der Waals surface area contributed by atoms with Crippen LogP contribution in [0.3, 0.4) is 0 Å². The second kappa shape index (κ2) is 7.85. The number of rotatable bonds is 2. The summed E-state index contributed by atoms with van der Waals surface area (Å²) in [5.74, 6) is 0. The lowest BCUT2D eigenvalue weighted by molar-refractivity contribution is 0.591. The van der Waals surface area contributed by atoms with Crippen LogP contribution in [0, 0.1) is 0 Å². The molecule has 0 aromatic carbocycles. The highest BCUT2D eigenvalue weighted by Crippen LogP contribution is 2.44. The summed E-state index contributed by atoms with van der Waals surface area (Å²) in [5.41, 5.74) is 14.2. The Hall–Kier alpha value is -3.90. The van der Waals surface area contributed by atoms with Crippen LogP contribution in [-0.4, -0.2) is 0 Å². The van der Waals surface area contributed by atoms with Crippen molar-refractivity contribution in [3.05, 3.63) is 121 Å². The number of hydrogen-bond acceptors (Lipinski definition) is 0. The normalized spacial score (nSPS) is 12.0. The molecular weight excluding hydrogens is 408 g/mol. The van der Waals surface area contributed by atoms with E-state index < -0.39 is 0 Å². The van der Waals surface area contributed by atoms with Gasteiger partial charge in [0.2, 0.25) is 0 Å². The molecule has 6 aliphatic rings. The van der Waals surface area contributed by atoms with Crippen LogP contribution >= 0.6 is 0 Å². The van der Waals surface area contributed by atoms with E-state index in [1.165, 1.54) is 61.2 Å². The van der Waals surface area contributed by atoms with Crippen molar-refractivity contribution in [1.82, 2.24) is 0 Å². The second-order valence-electron chi connectivity index (χ2n) is 10.3. The first-order valence-corrected chi connectivity index (χ1v) is 12.0. The summed E-state index contributed by atoms with van der Waals surface area (Å²) in [6.45, 7) is 6.83. The van der Waals surface area contributed by atoms with Gasteiger partial charge in [-0.2, -0.15) is 0 Å². The molecule has 0 spiro atoms. The first-order chi connectivity index (χ1) is 16.5. The molecule has 0 aromatic rings. The Morgan fingerprint density at radius 3 is 1.06 bits per heavy atom. The van der Waals surface area contributed by atoms with Crippen LogP contribution in [0.15, 0.2) is 115 Å². The van der Waals surface area contributed by atoms with Gasteiger partial charge in [-0.3, -0.25) is 0 Å². The van der Waals surface area contributed by atoms with Crippen molar-refractivity contribution in [2.45, 2.75) is 26.2 Å². The highest BCUT2D eigenvalue weighted by molar-refractivity contribution is 5.98. The fourth-order valence-electron chi connectivity index (χ4n) is 5.02. The molecule has 0 heteroatoms. The van der Waals surface area contributed by atoms with E-state index in [9.17, 15) is 0 Å². The zero-order valence-corrected chi connectivity index (χ0v) is 20.0. The SMILES string of the molecule is CC(C)(C)c1ccc2c(-c3ccc4cccc-4cc3)cc(-c3ccc4cccc-4cc3)c-2cc1. The molecule has 0 atom stereocenters. The smallest absolute Gasteiger partial charge is 0.00988 e. The molecule has 0 nitrogen and oxygen atoms in total. The average Bonchev–Trinajstić information content (AvgIpc) is 3.41. The van der Waals surface area contributed by atoms with E-state index in [1.54, 1.807) is 0 Å². The molecule has 6 rings (SSSR count). The van der Waals surface area contributed by atoms with Crippen LogP contribution in [0.4, 0.5) is 0 Å². The number of hydrogen-bond donors (Lipinski definition) is 0. The van der Waals surface area contributed by atoms with Gasteiger partial charge in [0.15, 0.2) is 0 Å². The zero-order chi connectivity index (χ0) is 23.3. The molecule has 0 amide bonds. The van der Waals surface area contributed by atoms with Crippen LogP contribution in [0.5, 0.6) is 0 Å². The van der Waals surface area contributed by atoms with E-state index in [-0.39, 0.29) is 5.41 Å². The van der Waals surface area contributed by atoms with Crippen LogP contribution in [0.25, 0.3) is 55.6 Å². The number of fused-ring (bicyclic) bond motifs is 3. The molecule has 0 bridgehead atoms. The molecule has 0 fully saturated rings. The third kappa shape index (κ3) is 3.56. The summed E-state index contributed by atoms with van der Waals surface area (Å²) in [6, 6.07) is 42.6. The highest BCUT2D eigenvalue weighted by atomic mass is 14.2. The summed E-state index contributed by atoms with van der Waals surface area (Å²) in [6.07, 6.45) is 0. The van der Waals surface area contributed by atoms with Gasteiger partial charge in [-0.15, -0.1) is 0 Å². The molecule has 0 radical (unpaired) electrons. The molecule has 0 aromatic heterocycles. The largest absolute Gasteiger partial charge is 0.0610 e. The third-order valence-corrected chi connectivity index (χ3v) is 7.05. The maximum absolute atomic E-state index is 2.38. The third-order valence-electron chi connectivity index (χ3n) is 7.05. The van der Waals surface area contributed by atoms with E-state index in [0.29, 0.717) is 0 Å². The Bertz CT molecular complexity index is 1360. The van der Waals surface area contributed by atoms with Gasteiger partial charge in [-0.1, -0.05) is 130 Å². The average molecular weight is 437 g/mol. The molecule has 0 saturated carbocycles. The lowest BCUT2D eigenvalue weighted by Crippen LogP contribution is -2.09. The van der Waals surface area contributed by atoms with Gasteiger partial charge in [0.25, 0.3) is 0 Å². The van der Waals surface area contributed by atoms with E-state index in [2.05, 4.69) is 136 Å². The summed E-state index contributed by atoms with van der Waals surface area (Å²) in [5, 5.41) is 0. The molecule has 164 valence electrons. The topological polar surface area (TPSA) is 0 Å². The lowest BCUT2D eigenvalue weighted by atomic mass is 9.88. The summed E-state index contributed by atoms with van der Waals surface area (Å²) in [7, 11) is 0. The van der Waals surface area contributed by atoms with E-state index in [0.717, 1.165) is 0 Å². The van der Waals surface area contributed by atoms with Gasteiger partial charge in [0.1, 0.15) is 0 Å². The summed E-state index contributed by atoms with van der Waals surface area (Å²) in [4.78, 5) is 0. The Kier molecular flexibility index (Phi) is 4.78. The first-order valence-electron chi connectivity index (χ1n) is 12.0. The minimum Gasteiger partial charge on any atom is -0.0610 e. The van der Waals surface area contributed by atoms with Crippen LogP contribution in [0.1, 0.15) is 26.3 Å². The monoisotopic (exact) mass is 436 g/mol. The Balaban J connectivity index is 1.61. The van der Waals surface area contributed by atoms with Gasteiger partial charge >= 0.3 is 0 Å². The van der Waals surface area contributed by atoms with Crippen LogP contribution in [-0.2, 0) is 5.41 Å². The predicted octanol–water partition coefficient (Wildman–Crippen LogP) is 9.63. The van der Waals surface area contributed by atoms with Gasteiger partial charge in [0, 0.05) is 0 Å². The quantitative estimate of drug-likeness (QED) is 0.253. The molecule has 0 saturated heterocycles. The molecule has 0 unspecified atom stereocenters. The summed E-state index contributed by atoms with van der Waals surface area (Å²) >= 11 is 0. The van der Waals surface area contributed by atoms with Crippen LogP contribution in [0.2, 0.25) is 0 Å². The minimum absolute atomic E-state index is 0.0983. The van der Waals surface area contributed by atoms with E-state index in [4.69, 9.17) is 0 Å². The van der Waals surface area contributed by atoms with Gasteiger partial charge in [0.05, 0.1) is 0 Å². The maximum Gasteiger partial charge on any atom is -0.00988 e. The van der Waals surface area contributed by atoms with Gasteiger partial charge in [-0.05, 0) is 72.7 Å². The predicted molar refractivity (Wildman–Crippen MR) is 146 cm³/mol. The molecular formula is C34H28. The minimum atomic E-state index is 0.0983.